The second-order valence-corrected chi connectivity index (χ2v) is 6.32. The Morgan fingerprint density at radius 3 is 2.57 bits per heavy atom. The van der Waals surface area contributed by atoms with Crippen LogP contribution in [0.5, 0.6) is 11.5 Å². The van der Waals surface area contributed by atoms with Gasteiger partial charge in [0, 0.05) is 18.4 Å². The molecule has 0 saturated carbocycles. The van der Waals surface area contributed by atoms with Gasteiger partial charge in [0.25, 0.3) is 5.91 Å². The lowest BCUT2D eigenvalue weighted by Gasteiger charge is -2.17. The van der Waals surface area contributed by atoms with Gasteiger partial charge in [0.05, 0.1) is 11.8 Å². The summed E-state index contributed by atoms with van der Waals surface area (Å²) >= 11 is 0. The fraction of sp³-hybridized carbons (Fsp3) is 0.136. The largest absolute Gasteiger partial charge is 0.456 e. The van der Waals surface area contributed by atoms with Crippen molar-refractivity contribution in [2.75, 3.05) is 18.1 Å². The summed E-state index contributed by atoms with van der Waals surface area (Å²) in [6, 6.07) is 17.9. The van der Waals surface area contributed by atoms with E-state index in [1.54, 1.807) is 53.7 Å². The van der Waals surface area contributed by atoms with Gasteiger partial charge >= 0.3 is 5.97 Å². The molecule has 4 rings (SSSR count). The van der Waals surface area contributed by atoms with Crippen LogP contribution in [0.25, 0.3) is 0 Å². The fourth-order valence-electron chi connectivity index (χ4n) is 3.09. The van der Waals surface area contributed by atoms with Crippen LogP contribution in [-0.4, -0.2) is 30.0 Å². The van der Waals surface area contributed by atoms with E-state index in [1.165, 1.54) is 0 Å². The zero-order chi connectivity index (χ0) is 19.3. The Balaban J connectivity index is 1.33. The SMILES string of the molecule is O=C(OCC(=O)N1CCc2ccccc21)c1ccc(Oc2cccnc2)cc1. The van der Waals surface area contributed by atoms with Crippen molar-refractivity contribution in [1.29, 1.82) is 0 Å². The molecule has 28 heavy (non-hydrogen) atoms. The van der Waals surface area contributed by atoms with Gasteiger partial charge in [0.15, 0.2) is 6.61 Å². The van der Waals surface area contributed by atoms with Crippen molar-refractivity contribution in [1.82, 2.24) is 4.98 Å². The minimum absolute atomic E-state index is 0.227. The van der Waals surface area contributed by atoms with Crippen molar-refractivity contribution >= 4 is 17.6 Å². The van der Waals surface area contributed by atoms with Crippen molar-refractivity contribution in [3.63, 3.8) is 0 Å². The van der Waals surface area contributed by atoms with Gasteiger partial charge in [-0.05, 0) is 54.4 Å². The molecule has 6 heteroatoms. The van der Waals surface area contributed by atoms with Gasteiger partial charge in [-0.2, -0.15) is 0 Å². The van der Waals surface area contributed by atoms with Crippen LogP contribution >= 0.6 is 0 Å². The molecule has 0 unspecified atom stereocenters. The van der Waals surface area contributed by atoms with Crippen LogP contribution in [0.3, 0.4) is 0 Å². The lowest BCUT2D eigenvalue weighted by molar-refractivity contribution is -0.121. The Labute approximate surface area is 162 Å². The summed E-state index contributed by atoms with van der Waals surface area (Å²) in [7, 11) is 0. The van der Waals surface area contributed by atoms with E-state index in [2.05, 4.69) is 4.98 Å². The highest BCUT2D eigenvalue weighted by Gasteiger charge is 2.25. The molecular formula is C22H18N2O4. The van der Waals surface area contributed by atoms with E-state index in [4.69, 9.17) is 9.47 Å². The van der Waals surface area contributed by atoms with E-state index >= 15 is 0 Å². The van der Waals surface area contributed by atoms with Gasteiger partial charge in [-0.25, -0.2) is 4.79 Å². The number of pyridine rings is 1. The summed E-state index contributed by atoms with van der Waals surface area (Å²) in [5, 5.41) is 0. The fourth-order valence-corrected chi connectivity index (χ4v) is 3.09. The van der Waals surface area contributed by atoms with Crippen LogP contribution in [0.4, 0.5) is 5.69 Å². The highest BCUT2D eigenvalue weighted by atomic mass is 16.5. The molecule has 0 atom stereocenters. The molecule has 140 valence electrons. The topological polar surface area (TPSA) is 68.7 Å². The van der Waals surface area contributed by atoms with Crippen molar-refractivity contribution in [3.8, 4) is 11.5 Å². The van der Waals surface area contributed by atoms with Gasteiger partial charge < -0.3 is 14.4 Å². The number of fused-ring (bicyclic) bond motifs is 1. The number of hydrogen-bond acceptors (Lipinski definition) is 5. The number of esters is 1. The van der Waals surface area contributed by atoms with Gasteiger partial charge in [0.2, 0.25) is 0 Å². The van der Waals surface area contributed by atoms with Crippen molar-refractivity contribution in [2.45, 2.75) is 6.42 Å². The molecular weight excluding hydrogens is 356 g/mol. The maximum atomic E-state index is 12.4. The molecule has 2 aromatic carbocycles. The number of para-hydroxylation sites is 1. The first kappa shape index (κ1) is 17.7. The molecule has 1 aliphatic heterocycles. The lowest BCUT2D eigenvalue weighted by atomic mass is 10.2. The number of nitrogens with zero attached hydrogens (tertiary/aromatic N) is 2. The standard InChI is InChI=1S/C22H18N2O4/c25-21(24-13-11-16-4-1-2-6-20(16)24)15-27-22(26)17-7-9-18(10-8-17)28-19-5-3-12-23-14-19/h1-10,12,14H,11,13,15H2. The molecule has 0 N–H and O–H groups in total. The average Bonchev–Trinajstić information content (AvgIpc) is 3.17. The summed E-state index contributed by atoms with van der Waals surface area (Å²) in [5.41, 5.74) is 2.37. The third kappa shape index (κ3) is 3.86. The number of hydrogen-bond donors (Lipinski definition) is 0. The maximum absolute atomic E-state index is 12.4. The lowest BCUT2D eigenvalue weighted by Crippen LogP contribution is -2.33. The van der Waals surface area contributed by atoms with Crippen molar-refractivity contribution in [3.05, 3.63) is 84.2 Å². The predicted molar refractivity (Wildman–Crippen MR) is 104 cm³/mol. The van der Waals surface area contributed by atoms with Gasteiger partial charge in [-0.1, -0.05) is 18.2 Å². The monoisotopic (exact) mass is 374 g/mol. The van der Waals surface area contributed by atoms with Crippen LogP contribution in [0.2, 0.25) is 0 Å². The number of carbonyl (C=O) groups excluding carboxylic acids is 2. The van der Waals surface area contributed by atoms with Crippen molar-refractivity contribution in [2.24, 2.45) is 0 Å². The number of amides is 1. The summed E-state index contributed by atoms with van der Waals surface area (Å²) in [6.07, 6.45) is 4.08. The number of anilines is 1. The molecule has 0 spiro atoms. The molecule has 0 radical (unpaired) electrons. The maximum Gasteiger partial charge on any atom is 0.338 e. The Kier molecular flexibility index (Phi) is 5.01. The molecule has 6 nitrogen and oxygen atoms in total. The molecule has 0 aliphatic carbocycles. The van der Waals surface area contributed by atoms with Crippen LogP contribution < -0.4 is 9.64 Å². The van der Waals surface area contributed by atoms with E-state index in [-0.39, 0.29) is 12.5 Å². The van der Waals surface area contributed by atoms with Crippen molar-refractivity contribution < 1.29 is 19.1 Å². The zero-order valence-electron chi connectivity index (χ0n) is 15.1. The molecule has 3 aromatic rings. The van der Waals surface area contributed by atoms with E-state index in [1.807, 2.05) is 24.3 Å². The van der Waals surface area contributed by atoms with Crippen LogP contribution in [0, 0.1) is 0 Å². The quantitative estimate of drug-likeness (QED) is 0.638. The average molecular weight is 374 g/mol. The van der Waals surface area contributed by atoms with Crippen LogP contribution in [-0.2, 0) is 16.0 Å². The van der Waals surface area contributed by atoms with Gasteiger partial charge in [-0.3, -0.25) is 9.78 Å². The third-order valence-electron chi connectivity index (χ3n) is 4.48. The van der Waals surface area contributed by atoms with E-state index in [0.29, 0.717) is 23.6 Å². The highest BCUT2D eigenvalue weighted by Crippen LogP contribution is 2.27. The minimum atomic E-state index is -0.547. The minimum Gasteiger partial charge on any atom is -0.456 e. The summed E-state index contributed by atoms with van der Waals surface area (Å²) < 4.78 is 10.8. The molecule has 0 saturated heterocycles. The number of aromatic nitrogens is 1. The molecule has 1 aromatic heterocycles. The zero-order valence-corrected chi connectivity index (χ0v) is 15.1. The first-order valence-corrected chi connectivity index (χ1v) is 8.94. The second-order valence-electron chi connectivity index (χ2n) is 6.32. The molecule has 0 fully saturated rings. The Bertz CT molecular complexity index is 987. The summed E-state index contributed by atoms with van der Waals surface area (Å²) in [4.78, 5) is 30.3. The van der Waals surface area contributed by atoms with Crippen LogP contribution in [0.1, 0.15) is 15.9 Å². The van der Waals surface area contributed by atoms with Gasteiger partial charge in [0.1, 0.15) is 11.5 Å². The highest BCUT2D eigenvalue weighted by molar-refractivity contribution is 5.98. The molecule has 1 aliphatic rings. The normalized spacial score (nSPS) is 12.4. The Morgan fingerprint density at radius 1 is 0.964 bits per heavy atom. The molecule has 0 bridgehead atoms. The number of carbonyl (C=O) groups is 2. The second kappa shape index (κ2) is 7.92. The Morgan fingerprint density at radius 2 is 1.79 bits per heavy atom. The smallest absolute Gasteiger partial charge is 0.338 e. The first-order chi connectivity index (χ1) is 13.7. The van der Waals surface area contributed by atoms with Crippen LogP contribution in [0.15, 0.2) is 73.1 Å². The molecule has 1 amide bonds. The van der Waals surface area contributed by atoms with E-state index in [0.717, 1.165) is 17.7 Å². The number of ether oxygens (including phenoxy) is 2. The number of rotatable bonds is 5. The predicted octanol–water partition coefficient (Wildman–Crippen LogP) is 3.62. The van der Waals surface area contributed by atoms with E-state index in [9.17, 15) is 9.59 Å². The summed E-state index contributed by atoms with van der Waals surface area (Å²) in [6.45, 7) is 0.317. The Hall–Kier alpha value is -3.67. The van der Waals surface area contributed by atoms with E-state index < -0.39 is 5.97 Å². The third-order valence-corrected chi connectivity index (χ3v) is 4.48. The number of benzene rings is 2. The van der Waals surface area contributed by atoms with Gasteiger partial charge in [-0.15, -0.1) is 0 Å². The molecule has 2 heterocycles. The first-order valence-electron chi connectivity index (χ1n) is 8.94. The summed E-state index contributed by atoms with van der Waals surface area (Å²) in [5.74, 6) is 0.409.